The molecule has 0 bridgehead atoms. The molecule has 1 aliphatic heterocycles. The van der Waals surface area contributed by atoms with Crippen LogP contribution < -0.4 is 4.74 Å². The van der Waals surface area contributed by atoms with Gasteiger partial charge in [-0.25, -0.2) is 4.79 Å². The number of ether oxygens (including phenoxy) is 2. The third kappa shape index (κ3) is 3.73. The van der Waals surface area contributed by atoms with Crippen molar-refractivity contribution in [3.63, 3.8) is 0 Å². The van der Waals surface area contributed by atoms with E-state index in [-0.39, 0.29) is 12.1 Å². The fourth-order valence-electron chi connectivity index (χ4n) is 3.94. The van der Waals surface area contributed by atoms with Crippen molar-refractivity contribution in [3.8, 4) is 5.75 Å². The quantitative estimate of drug-likeness (QED) is 0.528. The Morgan fingerprint density at radius 1 is 1.21 bits per heavy atom. The molecule has 1 amide bonds. The summed E-state index contributed by atoms with van der Waals surface area (Å²) in [6.07, 6.45) is 0.460. The van der Waals surface area contributed by atoms with Crippen LogP contribution in [0.2, 0.25) is 0 Å². The molecule has 1 N–H and O–H groups in total. The Labute approximate surface area is 179 Å². The zero-order valence-corrected chi connectivity index (χ0v) is 18.7. The predicted octanol–water partition coefficient (Wildman–Crippen LogP) is 5.82. The molecule has 6 heteroatoms. The van der Waals surface area contributed by atoms with Crippen LogP contribution in [-0.4, -0.2) is 35.2 Å². The number of aromatic nitrogens is 1. The molecule has 0 saturated heterocycles. The molecule has 1 aromatic heterocycles. The van der Waals surface area contributed by atoms with Crippen molar-refractivity contribution in [3.05, 3.63) is 63.8 Å². The molecule has 4 rings (SSSR count). The number of H-pyrrole nitrogens is 1. The van der Waals surface area contributed by atoms with E-state index < -0.39 is 5.60 Å². The number of halogens is 1. The Morgan fingerprint density at radius 2 is 1.97 bits per heavy atom. The van der Waals surface area contributed by atoms with E-state index in [1.807, 2.05) is 62.1 Å². The molecule has 29 heavy (non-hydrogen) atoms. The average Bonchev–Trinajstić information content (AvgIpc) is 3.04. The van der Waals surface area contributed by atoms with E-state index in [0.29, 0.717) is 6.54 Å². The molecular weight excluding hydrogens is 432 g/mol. The number of hydrogen-bond donors (Lipinski definition) is 1. The first-order valence-corrected chi connectivity index (χ1v) is 10.5. The smallest absolute Gasteiger partial charge is 0.411 e. The van der Waals surface area contributed by atoms with Gasteiger partial charge >= 0.3 is 6.09 Å². The molecular formula is C23H25BrN2O3. The minimum Gasteiger partial charge on any atom is -0.497 e. The molecule has 0 fully saturated rings. The van der Waals surface area contributed by atoms with Crippen molar-refractivity contribution < 1.29 is 14.3 Å². The lowest BCUT2D eigenvalue weighted by atomic mass is 9.92. The number of methoxy groups -OCH3 is 1. The van der Waals surface area contributed by atoms with Crippen LogP contribution in [0.3, 0.4) is 0 Å². The van der Waals surface area contributed by atoms with Crippen LogP contribution in [0.15, 0.2) is 46.9 Å². The van der Waals surface area contributed by atoms with Crippen LogP contribution in [0.25, 0.3) is 10.9 Å². The van der Waals surface area contributed by atoms with Crippen molar-refractivity contribution in [2.75, 3.05) is 13.7 Å². The van der Waals surface area contributed by atoms with Gasteiger partial charge in [0.2, 0.25) is 0 Å². The highest BCUT2D eigenvalue weighted by Crippen LogP contribution is 2.41. The van der Waals surface area contributed by atoms with E-state index in [1.54, 1.807) is 7.11 Å². The summed E-state index contributed by atoms with van der Waals surface area (Å²) in [6, 6.07) is 13.8. The molecule has 0 radical (unpaired) electrons. The Morgan fingerprint density at radius 3 is 2.66 bits per heavy atom. The Hall–Kier alpha value is -2.47. The van der Waals surface area contributed by atoms with Crippen LogP contribution in [0.1, 0.15) is 43.6 Å². The first-order valence-electron chi connectivity index (χ1n) is 9.71. The minimum absolute atomic E-state index is 0.262. The molecule has 0 saturated carbocycles. The Balaban J connectivity index is 1.87. The number of carbonyl (C=O) groups excluding carboxylic acids is 1. The average molecular weight is 457 g/mol. The number of benzene rings is 2. The van der Waals surface area contributed by atoms with E-state index in [0.717, 1.165) is 33.4 Å². The molecule has 0 aliphatic carbocycles. The highest BCUT2D eigenvalue weighted by atomic mass is 79.9. The maximum atomic E-state index is 13.1. The summed E-state index contributed by atoms with van der Waals surface area (Å²) in [5.41, 5.74) is 3.75. The number of hydrogen-bond acceptors (Lipinski definition) is 3. The minimum atomic E-state index is -0.552. The molecule has 2 heterocycles. The summed E-state index contributed by atoms with van der Waals surface area (Å²) in [5.74, 6) is 0.803. The lowest BCUT2D eigenvalue weighted by Gasteiger charge is -2.37. The molecule has 0 spiro atoms. The summed E-state index contributed by atoms with van der Waals surface area (Å²) < 4.78 is 12.1. The summed E-state index contributed by atoms with van der Waals surface area (Å²) >= 11 is 3.68. The number of nitrogens with one attached hydrogen (secondary N) is 1. The van der Waals surface area contributed by atoms with E-state index in [2.05, 4.69) is 27.0 Å². The second-order valence-electron chi connectivity index (χ2n) is 8.28. The van der Waals surface area contributed by atoms with Gasteiger partial charge in [-0.15, -0.1) is 0 Å². The Kier molecular flexibility index (Phi) is 5.07. The SMILES string of the molecule is COc1ccc2c3c([nH]c2c1)C(c1ccccc1Br)N(C(=O)OC(C)(C)C)CC3. The number of rotatable bonds is 2. The summed E-state index contributed by atoms with van der Waals surface area (Å²) in [7, 11) is 1.66. The third-order valence-corrected chi connectivity index (χ3v) is 5.88. The van der Waals surface area contributed by atoms with Crippen LogP contribution in [-0.2, 0) is 11.2 Å². The van der Waals surface area contributed by atoms with Crippen LogP contribution in [0.4, 0.5) is 4.79 Å². The summed E-state index contributed by atoms with van der Waals surface area (Å²) in [5, 5.41) is 1.17. The number of nitrogens with zero attached hydrogens (tertiary/aromatic N) is 1. The summed E-state index contributed by atoms with van der Waals surface area (Å²) in [6.45, 7) is 6.27. The lowest BCUT2D eigenvalue weighted by Crippen LogP contribution is -2.43. The molecule has 1 unspecified atom stereocenters. The molecule has 2 aromatic carbocycles. The predicted molar refractivity (Wildman–Crippen MR) is 117 cm³/mol. The molecule has 3 aromatic rings. The first-order chi connectivity index (χ1) is 13.8. The second-order valence-corrected chi connectivity index (χ2v) is 9.13. The number of fused-ring (bicyclic) bond motifs is 3. The van der Waals surface area contributed by atoms with Crippen molar-refractivity contribution in [2.24, 2.45) is 0 Å². The van der Waals surface area contributed by atoms with Gasteiger partial charge in [0.1, 0.15) is 17.4 Å². The zero-order chi connectivity index (χ0) is 20.8. The first kappa shape index (κ1) is 19.8. The van der Waals surface area contributed by atoms with E-state index in [9.17, 15) is 4.79 Å². The van der Waals surface area contributed by atoms with Gasteiger partial charge < -0.3 is 14.5 Å². The Bertz CT molecular complexity index is 1070. The van der Waals surface area contributed by atoms with Gasteiger partial charge in [0.05, 0.1) is 7.11 Å². The third-order valence-electron chi connectivity index (χ3n) is 5.16. The molecule has 1 atom stereocenters. The number of amides is 1. The maximum absolute atomic E-state index is 13.1. The van der Waals surface area contributed by atoms with Crippen LogP contribution in [0.5, 0.6) is 5.75 Å². The van der Waals surface area contributed by atoms with Gasteiger partial charge in [-0.2, -0.15) is 0 Å². The lowest BCUT2D eigenvalue weighted by molar-refractivity contribution is 0.0175. The van der Waals surface area contributed by atoms with Gasteiger partial charge in [0.15, 0.2) is 0 Å². The van der Waals surface area contributed by atoms with E-state index in [4.69, 9.17) is 9.47 Å². The standard InChI is InChI=1S/C23H25BrN2O3/c1-23(2,3)29-22(27)26-12-11-16-15-10-9-14(28-4)13-19(15)25-20(16)21(26)17-7-5-6-8-18(17)24/h5-10,13,21,25H,11-12H2,1-4H3. The van der Waals surface area contributed by atoms with Gasteiger partial charge in [-0.3, -0.25) is 4.90 Å². The van der Waals surface area contributed by atoms with Gasteiger partial charge in [-0.1, -0.05) is 34.1 Å². The highest BCUT2D eigenvalue weighted by Gasteiger charge is 2.37. The van der Waals surface area contributed by atoms with Crippen molar-refractivity contribution in [2.45, 2.75) is 38.8 Å². The van der Waals surface area contributed by atoms with Gasteiger partial charge in [0, 0.05) is 33.7 Å². The van der Waals surface area contributed by atoms with E-state index in [1.165, 1.54) is 10.9 Å². The van der Waals surface area contributed by atoms with Crippen molar-refractivity contribution >= 4 is 32.9 Å². The van der Waals surface area contributed by atoms with Gasteiger partial charge in [0.25, 0.3) is 0 Å². The number of carbonyl (C=O) groups is 1. The fraction of sp³-hybridized carbons (Fsp3) is 0.348. The van der Waals surface area contributed by atoms with Crippen LogP contribution in [0, 0.1) is 0 Å². The fourth-order valence-corrected chi connectivity index (χ4v) is 4.44. The van der Waals surface area contributed by atoms with E-state index >= 15 is 0 Å². The van der Waals surface area contributed by atoms with Gasteiger partial charge in [-0.05, 0) is 56.5 Å². The second kappa shape index (κ2) is 7.41. The molecule has 1 aliphatic rings. The monoisotopic (exact) mass is 456 g/mol. The topological polar surface area (TPSA) is 54.6 Å². The molecule has 152 valence electrons. The van der Waals surface area contributed by atoms with Crippen molar-refractivity contribution in [1.29, 1.82) is 0 Å². The van der Waals surface area contributed by atoms with Crippen LogP contribution >= 0.6 is 15.9 Å². The van der Waals surface area contributed by atoms with Crippen molar-refractivity contribution in [1.82, 2.24) is 9.88 Å². The summed E-state index contributed by atoms with van der Waals surface area (Å²) in [4.78, 5) is 18.5. The normalized spacial score (nSPS) is 16.6. The molecule has 5 nitrogen and oxygen atoms in total. The largest absolute Gasteiger partial charge is 0.497 e. The number of aromatic amines is 1. The highest BCUT2D eigenvalue weighted by molar-refractivity contribution is 9.10. The zero-order valence-electron chi connectivity index (χ0n) is 17.1. The maximum Gasteiger partial charge on any atom is 0.411 e.